The SMILES string of the molecule is C/C=C\c1ccccc1N1CCN(Cc2ccccc2)CC1. The highest BCUT2D eigenvalue weighted by Gasteiger charge is 2.18. The number of rotatable bonds is 4. The second kappa shape index (κ2) is 7.28. The Hall–Kier alpha value is -2.06. The molecule has 1 saturated heterocycles. The predicted octanol–water partition coefficient (Wildman–Crippen LogP) is 4.04. The molecular formula is C20H24N2. The fourth-order valence-corrected chi connectivity index (χ4v) is 3.08. The van der Waals surface area contributed by atoms with E-state index in [0.29, 0.717) is 0 Å². The molecule has 1 aliphatic rings. The lowest BCUT2D eigenvalue weighted by Crippen LogP contribution is -2.46. The van der Waals surface area contributed by atoms with Crippen LogP contribution in [0.25, 0.3) is 6.08 Å². The third-order valence-corrected chi connectivity index (χ3v) is 4.24. The van der Waals surface area contributed by atoms with E-state index >= 15 is 0 Å². The molecular weight excluding hydrogens is 268 g/mol. The van der Waals surface area contributed by atoms with Crippen molar-refractivity contribution in [1.29, 1.82) is 0 Å². The maximum atomic E-state index is 2.55. The van der Waals surface area contributed by atoms with Gasteiger partial charge in [0.15, 0.2) is 0 Å². The largest absolute Gasteiger partial charge is 0.368 e. The van der Waals surface area contributed by atoms with Gasteiger partial charge in [0.2, 0.25) is 0 Å². The number of hydrogen-bond acceptors (Lipinski definition) is 2. The van der Waals surface area contributed by atoms with Crippen LogP contribution in [0, 0.1) is 0 Å². The molecule has 0 bridgehead atoms. The molecule has 0 spiro atoms. The van der Waals surface area contributed by atoms with E-state index in [9.17, 15) is 0 Å². The van der Waals surface area contributed by atoms with Crippen molar-refractivity contribution in [2.45, 2.75) is 13.5 Å². The molecule has 0 radical (unpaired) electrons. The van der Waals surface area contributed by atoms with Crippen molar-refractivity contribution in [3.8, 4) is 0 Å². The fourth-order valence-electron chi connectivity index (χ4n) is 3.08. The fraction of sp³-hybridized carbons (Fsp3) is 0.300. The number of hydrogen-bond donors (Lipinski definition) is 0. The number of para-hydroxylation sites is 1. The lowest BCUT2D eigenvalue weighted by Gasteiger charge is -2.36. The van der Waals surface area contributed by atoms with Crippen molar-refractivity contribution in [2.75, 3.05) is 31.1 Å². The maximum absolute atomic E-state index is 2.55. The van der Waals surface area contributed by atoms with Gasteiger partial charge in [-0.3, -0.25) is 4.90 Å². The van der Waals surface area contributed by atoms with E-state index in [4.69, 9.17) is 0 Å². The third kappa shape index (κ3) is 3.58. The molecule has 0 aliphatic carbocycles. The molecule has 2 aromatic carbocycles. The van der Waals surface area contributed by atoms with Gasteiger partial charge in [-0.2, -0.15) is 0 Å². The van der Waals surface area contributed by atoms with Gasteiger partial charge < -0.3 is 4.90 Å². The summed E-state index contributed by atoms with van der Waals surface area (Å²) in [6.07, 6.45) is 4.32. The van der Waals surface area contributed by atoms with Gasteiger partial charge in [0.1, 0.15) is 0 Å². The van der Waals surface area contributed by atoms with Gasteiger partial charge in [-0.15, -0.1) is 0 Å². The number of allylic oxidation sites excluding steroid dienone is 1. The van der Waals surface area contributed by atoms with E-state index in [1.807, 2.05) is 0 Å². The minimum absolute atomic E-state index is 1.06. The van der Waals surface area contributed by atoms with Crippen molar-refractivity contribution >= 4 is 11.8 Å². The van der Waals surface area contributed by atoms with Gasteiger partial charge in [-0.05, 0) is 24.1 Å². The molecule has 0 atom stereocenters. The van der Waals surface area contributed by atoms with Gasteiger partial charge in [0.25, 0.3) is 0 Å². The number of anilines is 1. The Morgan fingerprint density at radius 2 is 1.55 bits per heavy atom. The molecule has 1 aliphatic heterocycles. The first kappa shape index (κ1) is 14.9. The van der Waals surface area contributed by atoms with Crippen LogP contribution < -0.4 is 4.90 Å². The molecule has 0 unspecified atom stereocenters. The molecule has 1 heterocycles. The maximum Gasteiger partial charge on any atom is 0.0440 e. The van der Waals surface area contributed by atoms with Crippen LogP contribution in [0.5, 0.6) is 0 Å². The predicted molar refractivity (Wildman–Crippen MR) is 95.1 cm³/mol. The average Bonchev–Trinajstić information content (AvgIpc) is 2.58. The molecule has 114 valence electrons. The van der Waals surface area contributed by atoms with E-state index < -0.39 is 0 Å². The summed E-state index contributed by atoms with van der Waals surface area (Å²) in [6, 6.07) is 19.5. The number of benzene rings is 2. The molecule has 0 N–H and O–H groups in total. The quantitative estimate of drug-likeness (QED) is 0.839. The first-order valence-electron chi connectivity index (χ1n) is 8.10. The summed E-state index contributed by atoms with van der Waals surface area (Å²) in [5.74, 6) is 0. The second-order valence-corrected chi connectivity index (χ2v) is 5.81. The van der Waals surface area contributed by atoms with Crippen LogP contribution in [0.1, 0.15) is 18.1 Å². The van der Waals surface area contributed by atoms with Crippen LogP contribution in [0.2, 0.25) is 0 Å². The second-order valence-electron chi connectivity index (χ2n) is 5.81. The van der Waals surface area contributed by atoms with Crippen molar-refractivity contribution in [1.82, 2.24) is 4.90 Å². The minimum atomic E-state index is 1.06. The summed E-state index contributed by atoms with van der Waals surface area (Å²) in [7, 11) is 0. The summed E-state index contributed by atoms with van der Waals surface area (Å²) in [5, 5.41) is 0. The van der Waals surface area contributed by atoms with Gasteiger partial charge in [-0.25, -0.2) is 0 Å². The lowest BCUT2D eigenvalue weighted by atomic mass is 10.1. The Kier molecular flexibility index (Phi) is 4.92. The highest BCUT2D eigenvalue weighted by atomic mass is 15.3. The zero-order chi connectivity index (χ0) is 15.2. The van der Waals surface area contributed by atoms with Crippen LogP contribution in [-0.4, -0.2) is 31.1 Å². The average molecular weight is 292 g/mol. The van der Waals surface area contributed by atoms with Crippen LogP contribution in [0.15, 0.2) is 60.7 Å². The number of nitrogens with zero attached hydrogens (tertiary/aromatic N) is 2. The molecule has 1 fully saturated rings. The molecule has 0 amide bonds. The topological polar surface area (TPSA) is 6.48 Å². The normalized spacial score (nSPS) is 16.3. The van der Waals surface area contributed by atoms with Crippen molar-refractivity contribution < 1.29 is 0 Å². The smallest absolute Gasteiger partial charge is 0.0440 e. The van der Waals surface area contributed by atoms with E-state index in [1.54, 1.807) is 0 Å². The molecule has 0 aromatic heterocycles. The van der Waals surface area contributed by atoms with Crippen molar-refractivity contribution in [3.05, 3.63) is 71.8 Å². The standard InChI is InChI=1S/C20H24N2/c1-2-8-19-11-6-7-12-20(19)22-15-13-21(14-16-22)17-18-9-4-3-5-10-18/h2-12H,13-17H2,1H3/b8-2-. The minimum Gasteiger partial charge on any atom is -0.368 e. The molecule has 0 saturated carbocycles. The highest BCUT2D eigenvalue weighted by Crippen LogP contribution is 2.23. The number of piperazine rings is 1. The Bertz CT molecular complexity index is 611. The molecule has 2 nitrogen and oxygen atoms in total. The Morgan fingerprint density at radius 3 is 2.27 bits per heavy atom. The molecule has 3 rings (SSSR count). The first-order valence-corrected chi connectivity index (χ1v) is 8.10. The van der Waals surface area contributed by atoms with Crippen molar-refractivity contribution in [2.24, 2.45) is 0 Å². The summed E-state index contributed by atoms with van der Waals surface area (Å²) in [6.45, 7) is 7.58. The van der Waals surface area contributed by atoms with Gasteiger partial charge in [0, 0.05) is 38.4 Å². The van der Waals surface area contributed by atoms with Crippen LogP contribution in [-0.2, 0) is 6.54 Å². The van der Waals surface area contributed by atoms with E-state index in [0.717, 1.165) is 32.7 Å². The third-order valence-electron chi connectivity index (χ3n) is 4.24. The van der Waals surface area contributed by atoms with Crippen LogP contribution in [0.4, 0.5) is 5.69 Å². The summed E-state index contributed by atoms with van der Waals surface area (Å²) in [5.41, 5.74) is 4.09. The monoisotopic (exact) mass is 292 g/mol. The summed E-state index contributed by atoms with van der Waals surface area (Å²) in [4.78, 5) is 5.06. The summed E-state index contributed by atoms with van der Waals surface area (Å²) < 4.78 is 0. The van der Waals surface area contributed by atoms with E-state index in [1.165, 1.54) is 16.8 Å². The zero-order valence-electron chi connectivity index (χ0n) is 13.3. The molecule has 2 heteroatoms. The van der Waals surface area contributed by atoms with Crippen LogP contribution >= 0.6 is 0 Å². The highest BCUT2D eigenvalue weighted by molar-refractivity contribution is 5.67. The van der Waals surface area contributed by atoms with Gasteiger partial charge >= 0.3 is 0 Å². The first-order chi connectivity index (χ1) is 10.9. The van der Waals surface area contributed by atoms with E-state index in [2.05, 4.69) is 83.5 Å². The van der Waals surface area contributed by atoms with E-state index in [-0.39, 0.29) is 0 Å². The Labute approximate surface area is 133 Å². The summed E-state index contributed by atoms with van der Waals surface area (Å²) >= 11 is 0. The lowest BCUT2D eigenvalue weighted by molar-refractivity contribution is 0.250. The van der Waals surface area contributed by atoms with Crippen LogP contribution in [0.3, 0.4) is 0 Å². The van der Waals surface area contributed by atoms with Gasteiger partial charge in [0.05, 0.1) is 0 Å². The Balaban J connectivity index is 1.62. The Morgan fingerprint density at radius 1 is 0.864 bits per heavy atom. The molecule has 2 aromatic rings. The van der Waals surface area contributed by atoms with Crippen molar-refractivity contribution in [3.63, 3.8) is 0 Å². The zero-order valence-corrected chi connectivity index (χ0v) is 13.3. The van der Waals surface area contributed by atoms with Gasteiger partial charge in [-0.1, -0.05) is 60.7 Å². The molecule has 22 heavy (non-hydrogen) atoms.